The number of aryl methyl sites for hydroxylation is 2. The van der Waals surface area contributed by atoms with Crippen LogP contribution in [0.25, 0.3) is 0 Å². The van der Waals surface area contributed by atoms with Gasteiger partial charge in [0.2, 0.25) is 0 Å². The highest BCUT2D eigenvalue weighted by molar-refractivity contribution is 6.36. The molecule has 0 saturated carbocycles. The summed E-state index contributed by atoms with van der Waals surface area (Å²) >= 11 is 19.0. The Hall–Kier alpha value is -2.07. The topological polar surface area (TPSA) is 30.5 Å². The van der Waals surface area contributed by atoms with Crippen molar-refractivity contribution in [2.24, 2.45) is 0 Å². The average Bonchev–Trinajstić information content (AvgIpc) is 2.70. The maximum absolute atomic E-state index is 6.55. The zero-order chi connectivity index (χ0) is 21.7. The van der Waals surface area contributed by atoms with Crippen molar-refractivity contribution in [3.05, 3.63) is 85.9 Å². The van der Waals surface area contributed by atoms with E-state index in [1.54, 1.807) is 18.2 Å². The van der Waals surface area contributed by atoms with Crippen LogP contribution in [0.2, 0.25) is 15.1 Å². The van der Waals surface area contributed by atoms with Gasteiger partial charge in [0.1, 0.15) is 6.61 Å². The molecule has 0 bridgehead atoms. The summed E-state index contributed by atoms with van der Waals surface area (Å²) in [7, 11) is 0. The molecule has 0 aliphatic rings. The molecule has 0 heterocycles. The molecule has 0 amide bonds. The maximum Gasteiger partial charge on any atom is 0.180 e. The van der Waals surface area contributed by atoms with E-state index in [1.165, 1.54) is 11.1 Å². The molecule has 0 unspecified atom stereocenters. The number of hydrogen-bond acceptors (Lipinski definition) is 3. The Bertz CT molecular complexity index is 1020. The van der Waals surface area contributed by atoms with E-state index in [4.69, 9.17) is 44.3 Å². The highest BCUT2D eigenvalue weighted by atomic mass is 35.5. The zero-order valence-electron chi connectivity index (χ0n) is 17.2. The van der Waals surface area contributed by atoms with Gasteiger partial charge in [-0.05, 0) is 73.9 Å². The van der Waals surface area contributed by atoms with Crippen LogP contribution in [0.3, 0.4) is 0 Å². The fraction of sp³-hybridized carbons (Fsp3) is 0.250. The van der Waals surface area contributed by atoms with Crippen LogP contribution in [-0.4, -0.2) is 6.61 Å². The van der Waals surface area contributed by atoms with Gasteiger partial charge in [0.15, 0.2) is 11.5 Å². The van der Waals surface area contributed by atoms with Gasteiger partial charge in [-0.15, -0.1) is 0 Å². The van der Waals surface area contributed by atoms with Gasteiger partial charge >= 0.3 is 0 Å². The molecule has 1 N–H and O–H groups in total. The summed E-state index contributed by atoms with van der Waals surface area (Å²) < 4.78 is 11.8. The SMILES string of the molecule is CCOc1cc(CNc2ccc(C)c(C)c2)cc(Cl)c1OCc1c(Cl)cccc1Cl. The minimum Gasteiger partial charge on any atom is -0.490 e. The molecule has 3 nitrogen and oxygen atoms in total. The molecule has 30 heavy (non-hydrogen) atoms. The van der Waals surface area contributed by atoms with Crippen molar-refractivity contribution >= 4 is 40.5 Å². The fourth-order valence-electron chi connectivity index (χ4n) is 3.00. The highest BCUT2D eigenvalue weighted by Crippen LogP contribution is 2.38. The lowest BCUT2D eigenvalue weighted by Gasteiger charge is -2.17. The molecule has 0 radical (unpaired) electrons. The largest absolute Gasteiger partial charge is 0.490 e. The van der Waals surface area contributed by atoms with Crippen LogP contribution >= 0.6 is 34.8 Å². The molecule has 0 saturated heterocycles. The maximum atomic E-state index is 6.55. The Balaban J connectivity index is 1.78. The lowest BCUT2D eigenvalue weighted by Crippen LogP contribution is -2.04. The van der Waals surface area contributed by atoms with Crippen molar-refractivity contribution in [3.8, 4) is 11.5 Å². The van der Waals surface area contributed by atoms with E-state index < -0.39 is 0 Å². The van der Waals surface area contributed by atoms with Gasteiger partial charge in [-0.2, -0.15) is 0 Å². The molecule has 3 rings (SSSR count). The summed E-state index contributed by atoms with van der Waals surface area (Å²) in [6.07, 6.45) is 0. The van der Waals surface area contributed by atoms with E-state index >= 15 is 0 Å². The Kier molecular flexibility index (Phi) is 7.76. The van der Waals surface area contributed by atoms with Gasteiger partial charge in [0, 0.05) is 27.8 Å². The summed E-state index contributed by atoms with van der Waals surface area (Å²) in [5, 5.41) is 5.00. The predicted octanol–water partition coefficient (Wildman–Crippen LogP) is 7.85. The van der Waals surface area contributed by atoms with Crippen LogP contribution < -0.4 is 14.8 Å². The molecule has 158 valence electrons. The van der Waals surface area contributed by atoms with Crippen LogP contribution in [-0.2, 0) is 13.2 Å². The second-order valence-corrected chi connectivity index (χ2v) is 8.20. The molecular weight excluding hydrogens is 441 g/mol. The van der Waals surface area contributed by atoms with Gasteiger partial charge in [-0.1, -0.05) is 46.9 Å². The molecule has 0 fully saturated rings. The number of nitrogens with one attached hydrogen (secondary N) is 1. The highest BCUT2D eigenvalue weighted by Gasteiger charge is 2.15. The van der Waals surface area contributed by atoms with E-state index in [0.717, 1.165) is 11.3 Å². The fourth-order valence-corrected chi connectivity index (χ4v) is 3.79. The first-order valence-corrected chi connectivity index (χ1v) is 10.8. The van der Waals surface area contributed by atoms with Gasteiger partial charge in [0.05, 0.1) is 11.6 Å². The average molecular weight is 465 g/mol. The first-order chi connectivity index (χ1) is 14.4. The summed E-state index contributed by atoms with van der Waals surface area (Å²) in [5.41, 5.74) is 5.27. The second-order valence-electron chi connectivity index (χ2n) is 6.98. The van der Waals surface area contributed by atoms with Crippen LogP contribution in [0, 0.1) is 13.8 Å². The second kappa shape index (κ2) is 10.3. The molecule has 0 aliphatic heterocycles. The Labute approximate surface area is 192 Å². The third-order valence-electron chi connectivity index (χ3n) is 4.80. The molecule has 0 aromatic heterocycles. The van der Waals surface area contributed by atoms with Crippen LogP contribution in [0.1, 0.15) is 29.2 Å². The molecule has 0 atom stereocenters. The Morgan fingerprint density at radius 1 is 0.833 bits per heavy atom. The number of rotatable bonds is 8. The van der Waals surface area contributed by atoms with Crippen molar-refractivity contribution in [2.45, 2.75) is 33.9 Å². The summed E-state index contributed by atoms with van der Waals surface area (Å²) in [5.74, 6) is 1.06. The summed E-state index contributed by atoms with van der Waals surface area (Å²) in [4.78, 5) is 0. The van der Waals surface area contributed by atoms with Gasteiger partial charge < -0.3 is 14.8 Å². The predicted molar refractivity (Wildman–Crippen MR) is 127 cm³/mol. The van der Waals surface area contributed by atoms with Crippen molar-refractivity contribution in [1.82, 2.24) is 0 Å². The van der Waals surface area contributed by atoms with Crippen molar-refractivity contribution in [2.75, 3.05) is 11.9 Å². The molecule has 0 spiro atoms. The normalized spacial score (nSPS) is 10.7. The molecule has 3 aromatic carbocycles. The van der Waals surface area contributed by atoms with Crippen LogP contribution in [0.5, 0.6) is 11.5 Å². The minimum absolute atomic E-state index is 0.193. The van der Waals surface area contributed by atoms with E-state index in [-0.39, 0.29) is 6.61 Å². The number of hydrogen-bond donors (Lipinski definition) is 1. The third-order valence-corrected chi connectivity index (χ3v) is 5.78. The Morgan fingerprint density at radius 3 is 2.23 bits per heavy atom. The van der Waals surface area contributed by atoms with Crippen molar-refractivity contribution < 1.29 is 9.47 Å². The summed E-state index contributed by atoms with van der Waals surface area (Å²) in [6.45, 7) is 7.41. The molecule has 3 aromatic rings. The van der Waals surface area contributed by atoms with E-state index in [0.29, 0.717) is 45.3 Å². The third kappa shape index (κ3) is 5.54. The van der Waals surface area contributed by atoms with Crippen LogP contribution in [0.4, 0.5) is 5.69 Å². The monoisotopic (exact) mass is 463 g/mol. The van der Waals surface area contributed by atoms with Gasteiger partial charge in [-0.25, -0.2) is 0 Å². The van der Waals surface area contributed by atoms with E-state index in [2.05, 4.69) is 37.4 Å². The standard InChI is InChI=1S/C24H24Cl3NO2/c1-4-29-23-12-17(13-28-18-9-8-15(2)16(3)10-18)11-22(27)24(23)30-14-19-20(25)6-5-7-21(19)26/h5-12,28H,4,13-14H2,1-3H3. The van der Waals surface area contributed by atoms with E-state index in [1.807, 2.05) is 19.1 Å². The van der Waals surface area contributed by atoms with Crippen molar-refractivity contribution in [3.63, 3.8) is 0 Å². The first-order valence-electron chi connectivity index (χ1n) is 9.71. The van der Waals surface area contributed by atoms with Gasteiger partial charge in [-0.3, -0.25) is 0 Å². The lowest BCUT2D eigenvalue weighted by molar-refractivity contribution is 0.269. The lowest BCUT2D eigenvalue weighted by atomic mass is 10.1. The number of benzene rings is 3. The van der Waals surface area contributed by atoms with E-state index in [9.17, 15) is 0 Å². The number of halogens is 3. The smallest absolute Gasteiger partial charge is 0.180 e. The zero-order valence-corrected chi connectivity index (χ0v) is 19.5. The quantitative estimate of drug-likeness (QED) is 0.368. The minimum atomic E-state index is 0.193. The molecule has 6 heteroatoms. The number of ether oxygens (including phenoxy) is 2. The Morgan fingerprint density at radius 2 is 1.57 bits per heavy atom. The molecular formula is C24H24Cl3NO2. The van der Waals surface area contributed by atoms with Crippen molar-refractivity contribution in [1.29, 1.82) is 0 Å². The summed E-state index contributed by atoms with van der Waals surface area (Å²) in [6, 6.07) is 15.5. The first kappa shape index (κ1) is 22.6. The number of anilines is 1. The van der Waals surface area contributed by atoms with Gasteiger partial charge in [0.25, 0.3) is 0 Å². The van der Waals surface area contributed by atoms with Crippen LogP contribution in [0.15, 0.2) is 48.5 Å². The molecule has 0 aliphatic carbocycles.